The van der Waals surface area contributed by atoms with Crippen molar-refractivity contribution < 1.29 is 0 Å². The second-order valence-corrected chi connectivity index (χ2v) is 7.21. The highest BCUT2D eigenvalue weighted by molar-refractivity contribution is 8.00. The Morgan fingerprint density at radius 1 is 1.42 bits per heavy atom. The Labute approximate surface area is 125 Å². The molecule has 2 N–H and O–H groups in total. The molecule has 0 amide bonds. The lowest BCUT2D eigenvalue weighted by atomic mass is 10.0. The van der Waals surface area contributed by atoms with Gasteiger partial charge in [-0.1, -0.05) is 19.1 Å². The summed E-state index contributed by atoms with van der Waals surface area (Å²) in [7, 11) is 0. The topological polar surface area (TPSA) is 29.3 Å². The fraction of sp³-hybridized carbons (Fsp3) is 0.600. The summed E-state index contributed by atoms with van der Waals surface area (Å²) in [6.07, 6.45) is 3.37. The van der Waals surface area contributed by atoms with Crippen LogP contribution in [0.4, 0.5) is 0 Å². The number of nitrogens with two attached hydrogens (primary N) is 1. The lowest BCUT2D eigenvalue weighted by Gasteiger charge is -2.37. The third-order valence-corrected chi connectivity index (χ3v) is 5.91. The summed E-state index contributed by atoms with van der Waals surface area (Å²) >= 11 is 3.90. The van der Waals surface area contributed by atoms with E-state index in [9.17, 15) is 0 Å². The van der Waals surface area contributed by atoms with Gasteiger partial charge in [-0.25, -0.2) is 0 Å². The molecule has 2 atom stereocenters. The smallest absolute Gasteiger partial charge is 0.0471 e. The van der Waals surface area contributed by atoms with Crippen molar-refractivity contribution >= 4 is 23.5 Å². The van der Waals surface area contributed by atoms with E-state index in [1.165, 1.54) is 29.2 Å². The van der Waals surface area contributed by atoms with Crippen molar-refractivity contribution in [2.24, 2.45) is 5.73 Å². The first-order valence-corrected chi connectivity index (χ1v) is 9.25. The van der Waals surface area contributed by atoms with Crippen LogP contribution in [0.1, 0.15) is 24.9 Å². The zero-order valence-electron chi connectivity index (χ0n) is 11.8. The summed E-state index contributed by atoms with van der Waals surface area (Å²) in [6.45, 7) is 5.33. The average Bonchev–Trinajstić information content (AvgIpc) is 2.49. The molecule has 0 aliphatic carbocycles. The van der Waals surface area contributed by atoms with Gasteiger partial charge in [-0.15, -0.1) is 11.8 Å². The molecule has 19 heavy (non-hydrogen) atoms. The van der Waals surface area contributed by atoms with E-state index in [4.69, 9.17) is 5.73 Å². The van der Waals surface area contributed by atoms with E-state index in [2.05, 4.69) is 54.1 Å². The largest absolute Gasteiger partial charge is 0.329 e. The van der Waals surface area contributed by atoms with Crippen LogP contribution in [0.15, 0.2) is 29.2 Å². The molecule has 0 spiro atoms. The van der Waals surface area contributed by atoms with Gasteiger partial charge in [-0.3, -0.25) is 4.90 Å². The number of thioether (sulfide) groups is 2. The molecule has 0 saturated carbocycles. The van der Waals surface area contributed by atoms with Crippen molar-refractivity contribution in [1.82, 2.24) is 4.90 Å². The summed E-state index contributed by atoms with van der Waals surface area (Å²) in [4.78, 5) is 3.89. The first-order chi connectivity index (χ1) is 9.28. The van der Waals surface area contributed by atoms with E-state index in [0.29, 0.717) is 12.6 Å². The van der Waals surface area contributed by atoms with Crippen LogP contribution in [0.2, 0.25) is 0 Å². The van der Waals surface area contributed by atoms with E-state index in [1.807, 2.05) is 0 Å². The average molecular weight is 297 g/mol. The molecule has 1 heterocycles. The first-order valence-electron chi connectivity index (χ1n) is 6.98. The van der Waals surface area contributed by atoms with Crippen molar-refractivity contribution in [3.05, 3.63) is 29.8 Å². The first kappa shape index (κ1) is 15.2. The van der Waals surface area contributed by atoms with Gasteiger partial charge in [-0.05, 0) is 30.4 Å². The second kappa shape index (κ2) is 7.58. The molecule has 4 heteroatoms. The number of hydrogen-bond donors (Lipinski definition) is 1. The maximum Gasteiger partial charge on any atom is 0.0471 e. The van der Waals surface area contributed by atoms with E-state index in [0.717, 1.165) is 11.8 Å². The molecule has 106 valence electrons. The fourth-order valence-electron chi connectivity index (χ4n) is 2.59. The molecular formula is C15H24N2S2. The summed E-state index contributed by atoms with van der Waals surface area (Å²) in [5.41, 5.74) is 7.40. The Morgan fingerprint density at radius 2 is 2.16 bits per heavy atom. The van der Waals surface area contributed by atoms with Gasteiger partial charge < -0.3 is 5.73 Å². The molecular weight excluding hydrogens is 272 g/mol. The highest BCUT2D eigenvalue weighted by Crippen LogP contribution is 2.29. The van der Waals surface area contributed by atoms with Crippen molar-refractivity contribution in [1.29, 1.82) is 0 Å². The van der Waals surface area contributed by atoms with Crippen LogP contribution in [0.25, 0.3) is 0 Å². The van der Waals surface area contributed by atoms with Gasteiger partial charge >= 0.3 is 0 Å². The molecule has 1 saturated heterocycles. The van der Waals surface area contributed by atoms with Crippen LogP contribution in [0.5, 0.6) is 0 Å². The zero-order valence-corrected chi connectivity index (χ0v) is 13.5. The van der Waals surface area contributed by atoms with Crippen LogP contribution in [0.3, 0.4) is 0 Å². The van der Waals surface area contributed by atoms with Crippen LogP contribution in [0, 0.1) is 0 Å². The highest BCUT2D eigenvalue weighted by Gasteiger charge is 2.25. The SMILES string of the molecule is CCC1CN(C(CN)c2ccc(SC)cc2)CCS1. The predicted octanol–water partition coefficient (Wildman–Crippen LogP) is 3.24. The Morgan fingerprint density at radius 3 is 2.74 bits per heavy atom. The quantitative estimate of drug-likeness (QED) is 0.845. The van der Waals surface area contributed by atoms with Gasteiger partial charge in [-0.2, -0.15) is 11.8 Å². The lowest BCUT2D eigenvalue weighted by molar-refractivity contribution is 0.207. The molecule has 2 nitrogen and oxygen atoms in total. The normalized spacial score (nSPS) is 22.4. The van der Waals surface area contributed by atoms with Gasteiger partial charge in [0.15, 0.2) is 0 Å². The zero-order chi connectivity index (χ0) is 13.7. The second-order valence-electron chi connectivity index (χ2n) is 4.92. The van der Waals surface area contributed by atoms with E-state index in [1.54, 1.807) is 11.8 Å². The lowest BCUT2D eigenvalue weighted by Crippen LogP contribution is -2.42. The molecule has 1 aromatic rings. The Bertz CT molecular complexity index is 380. The molecule has 2 unspecified atom stereocenters. The summed E-state index contributed by atoms with van der Waals surface area (Å²) in [6, 6.07) is 9.28. The Kier molecular flexibility index (Phi) is 6.07. The van der Waals surface area contributed by atoms with Gasteiger partial charge in [0.05, 0.1) is 0 Å². The third-order valence-electron chi connectivity index (χ3n) is 3.79. The molecule has 0 radical (unpaired) electrons. The third kappa shape index (κ3) is 3.91. The van der Waals surface area contributed by atoms with Crippen LogP contribution in [-0.4, -0.2) is 41.8 Å². The maximum atomic E-state index is 6.04. The van der Waals surface area contributed by atoms with E-state index >= 15 is 0 Å². The minimum atomic E-state index is 0.380. The predicted molar refractivity (Wildman–Crippen MR) is 88.1 cm³/mol. The number of benzene rings is 1. The van der Waals surface area contributed by atoms with Gasteiger partial charge in [0.25, 0.3) is 0 Å². The van der Waals surface area contributed by atoms with Crippen molar-refractivity contribution in [3.63, 3.8) is 0 Å². The number of nitrogens with zero attached hydrogens (tertiary/aromatic N) is 1. The Hall–Kier alpha value is -0.160. The number of hydrogen-bond acceptors (Lipinski definition) is 4. The molecule has 1 aromatic carbocycles. The van der Waals surface area contributed by atoms with Crippen LogP contribution < -0.4 is 5.73 Å². The minimum Gasteiger partial charge on any atom is -0.329 e. The summed E-state index contributed by atoms with van der Waals surface area (Å²) < 4.78 is 0. The van der Waals surface area contributed by atoms with E-state index in [-0.39, 0.29) is 0 Å². The van der Waals surface area contributed by atoms with Crippen molar-refractivity contribution in [3.8, 4) is 0 Å². The highest BCUT2D eigenvalue weighted by atomic mass is 32.2. The van der Waals surface area contributed by atoms with Crippen LogP contribution in [-0.2, 0) is 0 Å². The van der Waals surface area contributed by atoms with Gasteiger partial charge in [0.1, 0.15) is 0 Å². The maximum absolute atomic E-state index is 6.04. The van der Waals surface area contributed by atoms with Crippen molar-refractivity contribution in [2.45, 2.75) is 29.5 Å². The van der Waals surface area contributed by atoms with Gasteiger partial charge in [0, 0.05) is 41.6 Å². The fourth-order valence-corrected chi connectivity index (χ4v) is 4.21. The Balaban J connectivity index is 2.09. The molecule has 0 aromatic heterocycles. The molecule has 1 aliphatic rings. The molecule has 2 rings (SSSR count). The molecule has 1 aliphatic heterocycles. The van der Waals surface area contributed by atoms with Crippen LogP contribution >= 0.6 is 23.5 Å². The standard InChI is InChI=1S/C15H24N2S2/c1-3-13-11-17(8-9-19-13)15(10-16)12-4-6-14(18-2)7-5-12/h4-7,13,15H,3,8-11,16H2,1-2H3. The summed E-state index contributed by atoms with van der Waals surface area (Å²) in [5, 5.41) is 0.772. The minimum absolute atomic E-state index is 0.380. The molecule has 0 bridgehead atoms. The molecule has 1 fully saturated rings. The van der Waals surface area contributed by atoms with Gasteiger partial charge in [0.2, 0.25) is 0 Å². The van der Waals surface area contributed by atoms with Crippen molar-refractivity contribution in [2.75, 3.05) is 31.6 Å². The summed E-state index contributed by atoms with van der Waals surface area (Å²) in [5.74, 6) is 1.23. The van der Waals surface area contributed by atoms with E-state index < -0.39 is 0 Å². The monoisotopic (exact) mass is 296 g/mol. The number of rotatable bonds is 5.